The second kappa shape index (κ2) is 6.77. The van der Waals surface area contributed by atoms with Crippen molar-refractivity contribution in [3.8, 4) is 0 Å². The Bertz CT molecular complexity index is 565. The quantitative estimate of drug-likeness (QED) is 0.892. The number of rotatable bonds is 5. The number of benzene rings is 2. The smallest absolute Gasteiger partial charge is 0.0400 e. The van der Waals surface area contributed by atoms with Crippen LogP contribution in [0.3, 0.4) is 0 Å². The largest absolute Gasteiger partial charge is 0.381 e. The topological polar surface area (TPSA) is 15.3 Å². The first kappa shape index (κ1) is 14.2. The van der Waals surface area contributed by atoms with Gasteiger partial charge in [0.15, 0.2) is 0 Å². The van der Waals surface area contributed by atoms with Gasteiger partial charge in [0.1, 0.15) is 0 Å². The fourth-order valence-corrected chi connectivity index (χ4v) is 3.05. The maximum Gasteiger partial charge on any atom is 0.0400 e. The summed E-state index contributed by atoms with van der Waals surface area (Å²) >= 11 is 0. The first-order valence-corrected chi connectivity index (χ1v) is 7.95. The molecule has 0 radical (unpaired) electrons. The highest BCUT2D eigenvalue weighted by molar-refractivity contribution is 5.46. The van der Waals surface area contributed by atoms with E-state index in [0.717, 1.165) is 19.5 Å². The van der Waals surface area contributed by atoms with Crippen LogP contribution in [0.5, 0.6) is 0 Å². The minimum Gasteiger partial charge on any atom is -0.381 e. The van der Waals surface area contributed by atoms with Gasteiger partial charge < -0.3 is 5.32 Å². The Balaban J connectivity index is 1.54. The summed E-state index contributed by atoms with van der Waals surface area (Å²) in [7, 11) is 0. The van der Waals surface area contributed by atoms with E-state index in [9.17, 15) is 0 Å². The summed E-state index contributed by atoms with van der Waals surface area (Å²) in [4.78, 5) is 2.54. The molecule has 1 saturated heterocycles. The lowest BCUT2D eigenvalue weighted by Crippen LogP contribution is -2.25. The van der Waals surface area contributed by atoms with Gasteiger partial charge in [-0.15, -0.1) is 0 Å². The zero-order valence-corrected chi connectivity index (χ0v) is 12.8. The predicted molar refractivity (Wildman–Crippen MR) is 89.6 cm³/mol. The number of hydrogen-bond acceptors (Lipinski definition) is 2. The van der Waals surface area contributed by atoms with Crippen molar-refractivity contribution in [3.05, 3.63) is 65.7 Å². The van der Waals surface area contributed by atoms with Crippen molar-refractivity contribution in [2.75, 3.05) is 18.4 Å². The molecule has 1 aliphatic heterocycles. The molecule has 1 unspecified atom stereocenters. The molecule has 0 aromatic heterocycles. The number of nitrogens with zero attached hydrogens (tertiary/aromatic N) is 1. The van der Waals surface area contributed by atoms with Crippen LogP contribution >= 0.6 is 0 Å². The lowest BCUT2D eigenvalue weighted by atomic mass is 10.1. The lowest BCUT2D eigenvalue weighted by molar-refractivity contribution is 0.328. The van der Waals surface area contributed by atoms with Crippen LogP contribution in [-0.2, 0) is 13.0 Å². The average Bonchev–Trinajstić information content (AvgIpc) is 2.95. The molecule has 2 nitrogen and oxygen atoms in total. The summed E-state index contributed by atoms with van der Waals surface area (Å²) in [6.07, 6.45) is 2.32. The predicted octanol–water partition coefficient (Wildman–Crippen LogP) is 3.94. The molecule has 0 amide bonds. The van der Waals surface area contributed by atoms with Gasteiger partial charge in [0.2, 0.25) is 0 Å². The van der Waals surface area contributed by atoms with Crippen LogP contribution in [0.25, 0.3) is 0 Å². The van der Waals surface area contributed by atoms with Gasteiger partial charge in [-0.05, 0) is 36.1 Å². The van der Waals surface area contributed by atoms with Gasteiger partial charge in [-0.25, -0.2) is 0 Å². The summed E-state index contributed by atoms with van der Waals surface area (Å²) in [5.41, 5.74) is 4.08. The van der Waals surface area contributed by atoms with Gasteiger partial charge in [-0.1, -0.05) is 49.4 Å². The molecular weight excluding hydrogens is 256 g/mol. The van der Waals surface area contributed by atoms with Crippen LogP contribution < -0.4 is 5.32 Å². The fraction of sp³-hybridized carbons (Fsp3) is 0.368. The molecule has 2 aromatic carbocycles. The maximum atomic E-state index is 3.69. The van der Waals surface area contributed by atoms with Crippen LogP contribution in [0.1, 0.15) is 24.5 Å². The van der Waals surface area contributed by atoms with Crippen molar-refractivity contribution < 1.29 is 0 Å². The Morgan fingerprint density at radius 1 is 1.05 bits per heavy atom. The number of aryl methyl sites for hydroxylation is 1. The summed E-state index contributed by atoms with van der Waals surface area (Å²) in [6, 6.07) is 20.1. The molecule has 0 spiro atoms. The molecule has 0 bridgehead atoms. The Labute approximate surface area is 127 Å². The molecular formula is C19H24N2. The van der Waals surface area contributed by atoms with E-state index in [1.165, 1.54) is 29.8 Å². The molecule has 2 aromatic rings. The van der Waals surface area contributed by atoms with Crippen molar-refractivity contribution >= 4 is 5.69 Å². The van der Waals surface area contributed by atoms with E-state index in [-0.39, 0.29) is 0 Å². The Hall–Kier alpha value is -1.80. The molecule has 1 heterocycles. The average molecular weight is 280 g/mol. The first-order chi connectivity index (χ1) is 10.3. The standard InChI is InChI=1S/C19H24N2/c1-2-16-9-6-10-18(13-16)20-19-11-12-21(15-19)14-17-7-4-3-5-8-17/h3-10,13,19-20H,2,11-12,14-15H2,1H3. The van der Waals surface area contributed by atoms with Gasteiger partial charge >= 0.3 is 0 Å². The molecule has 0 aliphatic carbocycles. The summed E-state index contributed by atoms with van der Waals surface area (Å²) < 4.78 is 0. The minimum absolute atomic E-state index is 0.570. The highest BCUT2D eigenvalue weighted by atomic mass is 15.2. The Kier molecular flexibility index (Phi) is 4.56. The second-order valence-electron chi connectivity index (χ2n) is 5.90. The van der Waals surface area contributed by atoms with Crippen molar-refractivity contribution in [1.82, 2.24) is 4.90 Å². The third-order valence-electron chi connectivity index (χ3n) is 4.23. The number of hydrogen-bond donors (Lipinski definition) is 1. The Morgan fingerprint density at radius 3 is 2.67 bits per heavy atom. The highest BCUT2D eigenvalue weighted by Crippen LogP contribution is 2.19. The molecule has 1 aliphatic rings. The minimum atomic E-state index is 0.570. The van der Waals surface area contributed by atoms with Gasteiger partial charge in [0.05, 0.1) is 0 Å². The normalized spacial score (nSPS) is 18.8. The fourth-order valence-electron chi connectivity index (χ4n) is 3.05. The van der Waals surface area contributed by atoms with Crippen molar-refractivity contribution in [2.45, 2.75) is 32.4 Å². The zero-order valence-electron chi connectivity index (χ0n) is 12.8. The summed E-state index contributed by atoms with van der Waals surface area (Å²) in [6.45, 7) is 5.58. The van der Waals surface area contributed by atoms with Crippen LogP contribution in [0.15, 0.2) is 54.6 Å². The first-order valence-electron chi connectivity index (χ1n) is 7.95. The number of anilines is 1. The third-order valence-corrected chi connectivity index (χ3v) is 4.23. The SMILES string of the molecule is CCc1cccc(NC2CCN(Cc3ccccc3)C2)c1. The number of nitrogens with one attached hydrogen (secondary N) is 1. The highest BCUT2D eigenvalue weighted by Gasteiger charge is 2.22. The molecule has 21 heavy (non-hydrogen) atoms. The molecule has 1 N–H and O–H groups in total. The molecule has 3 rings (SSSR count). The van der Waals surface area contributed by atoms with Gasteiger partial charge in [-0.2, -0.15) is 0 Å². The van der Waals surface area contributed by atoms with E-state index in [2.05, 4.69) is 71.7 Å². The maximum absolute atomic E-state index is 3.69. The van der Waals surface area contributed by atoms with E-state index in [0.29, 0.717) is 6.04 Å². The van der Waals surface area contributed by atoms with Crippen LogP contribution in [0.2, 0.25) is 0 Å². The summed E-state index contributed by atoms with van der Waals surface area (Å²) in [5.74, 6) is 0. The molecule has 0 saturated carbocycles. The van der Waals surface area contributed by atoms with E-state index < -0.39 is 0 Å². The lowest BCUT2D eigenvalue weighted by Gasteiger charge is -2.17. The Morgan fingerprint density at radius 2 is 1.86 bits per heavy atom. The van der Waals surface area contributed by atoms with Gasteiger partial charge in [-0.3, -0.25) is 4.90 Å². The van der Waals surface area contributed by atoms with Crippen molar-refractivity contribution in [2.24, 2.45) is 0 Å². The molecule has 1 atom stereocenters. The van der Waals surface area contributed by atoms with E-state index in [1.54, 1.807) is 0 Å². The molecule has 2 heteroatoms. The van der Waals surface area contributed by atoms with E-state index >= 15 is 0 Å². The van der Waals surface area contributed by atoms with E-state index in [4.69, 9.17) is 0 Å². The summed E-state index contributed by atoms with van der Waals surface area (Å²) in [5, 5.41) is 3.69. The van der Waals surface area contributed by atoms with Crippen molar-refractivity contribution in [1.29, 1.82) is 0 Å². The van der Waals surface area contributed by atoms with Crippen molar-refractivity contribution in [3.63, 3.8) is 0 Å². The van der Waals surface area contributed by atoms with E-state index in [1.807, 2.05) is 0 Å². The molecule has 1 fully saturated rings. The zero-order chi connectivity index (χ0) is 14.5. The number of likely N-dealkylation sites (tertiary alicyclic amines) is 1. The van der Waals surface area contributed by atoms with Crippen LogP contribution in [0, 0.1) is 0 Å². The third kappa shape index (κ3) is 3.85. The van der Waals surface area contributed by atoms with Gasteiger partial charge in [0.25, 0.3) is 0 Å². The van der Waals surface area contributed by atoms with Crippen LogP contribution in [-0.4, -0.2) is 24.0 Å². The molecule has 110 valence electrons. The van der Waals surface area contributed by atoms with Crippen LogP contribution in [0.4, 0.5) is 5.69 Å². The second-order valence-corrected chi connectivity index (χ2v) is 5.90. The van der Waals surface area contributed by atoms with Gasteiger partial charge in [0, 0.05) is 31.4 Å². The monoisotopic (exact) mass is 280 g/mol.